The quantitative estimate of drug-likeness (QED) is 0.347. The highest BCUT2D eigenvalue weighted by molar-refractivity contribution is 7.99. The molecular weight excluding hydrogens is 448 g/mol. The molecule has 0 spiro atoms. The van der Waals surface area contributed by atoms with E-state index in [1.807, 2.05) is 43.3 Å². The third-order valence-electron chi connectivity index (χ3n) is 4.67. The maximum absolute atomic E-state index is 13.0. The fourth-order valence-corrected chi connectivity index (χ4v) is 3.98. The van der Waals surface area contributed by atoms with Crippen molar-refractivity contribution in [2.45, 2.75) is 23.8 Å². The summed E-state index contributed by atoms with van der Waals surface area (Å²) >= 11 is 1.30. The van der Waals surface area contributed by atoms with Gasteiger partial charge in [0.2, 0.25) is 5.91 Å². The molecule has 4 rings (SSSR count). The van der Waals surface area contributed by atoms with E-state index in [4.69, 9.17) is 4.74 Å². The minimum Gasteiger partial charge on any atom is -0.437 e. The molecule has 34 heavy (non-hydrogen) atoms. The van der Waals surface area contributed by atoms with Crippen LogP contribution in [0, 0.1) is 6.92 Å². The molecule has 0 saturated carbocycles. The number of amides is 2. The van der Waals surface area contributed by atoms with E-state index < -0.39 is 0 Å². The Hall–Kier alpha value is -4.17. The highest BCUT2D eigenvalue weighted by Crippen LogP contribution is 2.35. The summed E-state index contributed by atoms with van der Waals surface area (Å²) in [4.78, 5) is 33.7. The largest absolute Gasteiger partial charge is 0.437 e. The summed E-state index contributed by atoms with van der Waals surface area (Å²) in [5.74, 6) is 0.597. The molecule has 2 amide bonds. The van der Waals surface area contributed by atoms with Crippen molar-refractivity contribution < 1.29 is 14.3 Å². The van der Waals surface area contributed by atoms with Gasteiger partial charge in [-0.15, -0.1) is 0 Å². The normalized spacial score (nSPS) is 10.4. The van der Waals surface area contributed by atoms with E-state index in [1.54, 1.807) is 48.8 Å². The maximum Gasteiger partial charge on any atom is 0.256 e. The molecule has 0 saturated heterocycles. The Kier molecular flexibility index (Phi) is 7.19. The van der Waals surface area contributed by atoms with Gasteiger partial charge in [0.15, 0.2) is 5.03 Å². The Bertz CT molecular complexity index is 1310. The molecule has 0 fully saturated rings. The number of rotatable bonds is 7. The van der Waals surface area contributed by atoms with Crippen LogP contribution < -0.4 is 15.4 Å². The summed E-state index contributed by atoms with van der Waals surface area (Å²) < 4.78 is 5.95. The lowest BCUT2D eigenvalue weighted by Gasteiger charge is -2.12. The van der Waals surface area contributed by atoms with Crippen LogP contribution in [0.15, 0.2) is 95.1 Å². The van der Waals surface area contributed by atoms with E-state index in [0.29, 0.717) is 38.5 Å². The number of hydrogen-bond donors (Lipinski definition) is 2. The van der Waals surface area contributed by atoms with Crippen LogP contribution in [-0.2, 0) is 4.79 Å². The van der Waals surface area contributed by atoms with Crippen molar-refractivity contribution in [3.05, 3.63) is 96.3 Å². The van der Waals surface area contributed by atoms with E-state index in [-0.39, 0.29) is 11.8 Å². The average molecular weight is 471 g/mol. The second-order valence-corrected chi connectivity index (χ2v) is 8.42. The summed E-state index contributed by atoms with van der Waals surface area (Å²) in [6.45, 7) is 3.45. The van der Waals surface area contributed by atoms with Crippen LogP contribution >= 0.6 is 11.8 Å². The first kappa shape index (κ1) is 23.0. The Morgan fingerprint density at radius 1 is 0.824 bits per heavy atom. The first-order valence-corrected chi connectivity index (χ1v) is 11.3. The molecule has 0 aliphatic carbocycles. The number of aryl methyl sites for hydroxylation is 1. The zero-order chi connectivity index (χ0) is 23.9. The van der Waals surface area contributed by atoms with Crippen LogP contribution in [0.1, 0.15) is 22.8 Å². The summed E-state index contributed by atoms with van der Waals surface area (Å²) in [5, 5.41) is 6.14. The van der Waals surface area contributed by atoms with E-state index in [2.05, 4.69) is 20.6 Å². The Labute approximate surface area is 201 Å². The topological polar surface area (TPSA) is 93.2 Å². The van der Waals surface area contributed by atoms with Crippen molar-refractivity contribution >= 4 is 35.0 Å². The number of anilines is 2. The SMILES string of the molecule is CC(=O)Nc1ccc(NC(=O)c2ccccc2Sc2nccnc2Oc2ccc(C)cc2)cc1. The number of benzene rings is 3. The van der Waals surface area contributed by atoms with Crippen molar-refractivity contribution in [2.75, 3.05) is 10.6 Å². The minimum absolute atomic E-state index is 0.155. The van der Waals surface area contributed by atoms with Crippen LogP contribution in [0.25, 0.3) is 0 Å². The lowest BCUT2D eigenvalue weighted by Crippen LogP contribution is -2.13. The van der Waals surface area contributed by atoms with Gasteiger partial charge in [-0.25, -0.2) is 9.97 Å². The molecule has 0 bridgehead atoms. The summed E-state index contributed by atoms with van der Waals surface area (Å²) in [7, 11) is 0. The van der Waals surface area contributed by atoms with Crippen LogP contribution in [-0.4, -0.2) is 21.8 Å². The van der Waals surface area contributed by atoms with Crippen LogP contribution in [0.3, 0.4) is 0 Å². The lowest BCUT2D eigenvalue weighted by atomic mass is 10.2. The van der Waals surface area contributed by atoms with E-state index in [1.165, 1.54) is 18.7 Å². The van der Waals surface area contributed by atoms with Crippen LogP contribution in [0.5, 0.6) is 11.6 Å². The molecule has 8 heteroatoms. The molecule has 4 aromatic rings. The van der Waals surface area contributed by atoms with Crippen molar-refractivity contribution in [1.82, 2.24) is 9.97 Å². The average Bonchev–Trinajstić information content (AvgIpc) is 2.83. The van der Waals surface area contributed by atoms with Gasteiger partial charge in [-0.05, 0) is 55.5 Å². The fourth-order valence-electron chi connectivity index (χ4n) is 3.06. The molecule has 2 N–H and O–H groups in total. The molecule has 170 valence electrons. The number of hydrogen-bond acceptors (Lipinski definition) is 6. The highest BCUT2D eigenvalue weighted by Gasteiger charge is 2.16. The Morgan fingerprint density at radius 3 is 2.18 bits per heavy atom. The van der Waals surface area contributed by atoms with Gasteiger partial charge in [-0.1, -0.05) is 41.6 Å². The Morgan fingerprint density at radius 2 is 1.47 bits per heavy atom. The van der Waals surface area contributed by atoms with Gasteiger partial charge in [0.05, 0.1) is 5.56 Å². The number of ether oxygens (including phenoxy) is 1. The predicted octanol–water partition coefficient (Wildman–Crippen LogP) is 5.94. The fraction of sp³-hybridized carbons (Fsp3) is 0.0769. The molecule has 0 unspecified atom stereocenters. The molecule has 0 aliphatic heterocycles. The second-order valence-electron chi connectivity index (χ2n) is 7.39. The predicted molar refractivity (Wildman–Crippen MR) is 133 cm³/mol. The monoisotopic (exact) mass is 470 g/mol. The van der Waals surface area contributed by atoms with E-state index in [0.717, 1.165) is 5.56 Å². The second kappa shape index (κ2) is 10.6. The molecular formula is C26H22N4O3S. The third-order valence-corrected chi connectivity index (χ3v) is 5.72. The van der Waals surface area contributed by atoms with Crippen molar-refractivity contribution in [2.24, 2.45) is 0 Å². The third kappa shape index (κ3) is 5.99. The van der Waals surface area contributed by atoms with Gasteiger partial charge >= 0.3 is 0 Å². The standard InChI is InChI=1S/C26H22N4O3S/c1-17-7-13-21(14-8-17)33-25-26(28-16-15-27-25)34-23-6-4-3-5-22(23)24(32)30-20-11-9-19(10-12-20)29-18(2)31/h3-16H,1-2H3,(H,29,31)(H,30,32). The first-order chi connectivity index (χ1) is 16.5. The lowest BCUT2D eigenvalue weighted by molar-refractivity contribution is -0.114. The molecule has 1 heterocycles. The minimum atomic E-state index is -0.264. The van der Waals surface area contributed by atoms with Crippen molar-refractivity contribution in [1.29, 1.82) is 0 Å². The molecule has 3 aromatic carbocycles. The zero-order valence-corrected chi connectivity index (χ0v) is 19.4. The van der Waals surface area contributed by atoms with Crippen molar-refractivity contribution in [3.63, 3.8) is 0 Å². The van der Waals surface area contributed by atoms with Gasteiger partial charge < -0.3 is 15.4 Å². The summed E-state index contributed by atoms with van der Waals surface area (Å²) in [5.41, 5.74) is 2.89. The number of aromatic nitrogens is 2. The van der Waals surface area contributed by atoms with Gasteiger partial charge in [0.1, 0.15) is 5.75 Å². The molecule has 0 aliphatic rings. The van der Waals surface area contributed by atoms with Gasteiger partial charge in [-0.2, -0.15) is 0 Å². The smallest absolute Gasteiger partial charge is 0.256 e. The van der Waals surface area contributed by atoms with Gasteiger partial charge in [-0.3, -0.25) is 9.59 Å². The number of carbonyl (C=O) groups excluding carboxylic acids is 2. The maximum atomic E-state index is 13.0. The van der Waals surface area contributed by atoms with E-state index >= 15 is 0 Å². The number of nitrogens with zero attached hydrogens (tertiary/aromatic N) is 2. The number of nitrogens with one attached hydrogen (secondary N) is 2. The molecule has 1 aromatic heterocycles. The molecule has 0 atom stereocenters. The zero-order valence-electron chi connectivity index (χ0n) is 18.6. The molecule has 0 radical (unpaired) electrons. The first-order valence-electron chi connectivity index (χ1n) is 10.5. The summed E-state index contributed by atoms with van der Waals surface area (Å²) in [6.07, 6.45) is 3.15. The number of carbonyl (C=O) groups is 2. The highest BCUT2D eigenvalue weighted by atomic mass is 32.2. The summed E-state index contributed by atoms with van der Waals surface area (Å²) in [6, 6.07) is 21.8. The van der Waals surface area contributed by atoms with E-state index in [9.17, 15) is 9.59 Å². The van der Waals surface area contributed by atoms with Crippen LogP contribution in [0.4, 0.5) is 11.4 Å². The van der Waals surface area contributed by atoms with Gasteiger partial charge in [0.25, 0.3) is 11.8 Å². The molecule has 7 nitrogen and oxygen atoms in total. The van der Waals surface area contributed by atoms with Gasteiger partial charge in [0, 0.05) is 35.6 Å². The van der Waals surface area contributed by atoms with Crippen LogP contribution in [0.2, 0.25) is 0 Å². The Balaban J connectivity index is 1.52. The van der Waals surface area contributed by atoms with Crippen molar-refractivity contribution in [3.8, 4) is 11.6 Å².